The number of anilines is 1. The summed E-state index contributed by atoms with van der Waals surface area (Å²) in [5.41, 5.74) is 2.59. The van der Waals surface area contributed by atoms with Crippen molar-refractivity contribution in [2.24, 2.45) is 0 Å². The Morgan fingerprint density at radius 1 is 1.02 bits per heavy atom. The van der Waals surface area contributed by atoms with Crippen LogP contribution in [0.5, 0.6) is 17.2 Å². The first-order valence-electron chi connectivity index (χ1n) is 14.2. The maximum atomic E-state index is 13.8. The minimum atomic E-state index is -1.11. The van der Waals surface area contributed by atoms with Crippen LogP contribution >= 0.6 is 11.3 Å². The molecular weight excluding hydrogens is 608 g/mol. The van der Waals surface area contributed by atoms with E-state index < -0.39 is 23.7 Å². The maximum absolute atomic E-state index is 13.8. The van der Waals surface area contributed by atoms with Gasteiger partial charge in [-0.1, -0.05) is 60.4 Å². The van der Waals surface area contributed by atoms with Crippen molar-refractivity contribution >= 4 is 39.9 Å². The normalized spacial score (nSPS) is 15.5. The Morgan fingerprint density at radius 3 is 2.43 bits per heavy atom. The highest BCUT2D eigenvalue weighted by Gasteiger charge is 2.49. The number of aliphatic hydroxyl groups excluding tert-OH is 1. The summed E-state index contributed by atoms with van der Waals surface area (Å²) >= 11 is 0.912. The second-order valence-corrected chi connectivity index (χ2v) is 11.3. The van der Waals surface area contributed by atoms with Gasteiger partial charge in [-0.2, -0.15) is 0 Å². The van der Waals surface area contributed by atoms with Gasteiger partial charge in [0.15, 0.2) is 16.6 Å². The number of Topliss-reactive ketones (excluding diaryl/α,β-unsaturated/α-hetero) is 1. The summed E-state index contributed by atoms with van der Waals surface area (Å²) in [6.07, 6.45) is 1.44. The molecule has 11 heteroatoms. The van der Waals surface area contributed by atoms with E-state index in [1.165, 1.54) is 25.2 Å². The number of benzene rings is 3. The molecule has 236 valence electrons. The smallest absolute Gasteiger partial charge is 0.350 e. The molecule has 1 N–H and O–H groups in total. The third-order valence-electron chi connectivity index (χ3n) is 7.38. The number of aryl methyl sites for hydroxylation is 2. The summed E-state index contributed by atoms with van der Waals surface area (Å²) in [7, 11) is 2.96. The lowest BCUT2D eigenvalue weighted by Gasteiger charge is -2.24. The predicted molar refractivity (Wildman–Crippen MR) is 174 cm³/mol. The summed E-state index contributed by atoms with van der Waals surface area (Å²) < 4.78 is 22.0. The zero-order valence-corrected chi connectivity index (χ0v) is 26.6. The summed E-state index contributed by atoms with van der Waals surface area (Å²) in [6, 6.07) is 18.6. The number of hydrogen-bond donors (Lipinski definition) is 1. The number of ether oxygens (including phenoxy) is 4. The largest absolute Gasteiger partial charge is 0.507 e. The summed E-state index contributed by atoms with van der Waals surface area (Å²) in [5.74, 6) is -1.47. The van der Waals surface area contributed by atoms with Gasteiger partial charge >= 0.3 is 11.9 Å². The van der Waals surface area contributed by atoms with Crippen molar-refractivity contribution in [3.05, 3.63) is 118 Å². The van der Waals surface area contributed by atoms with Crippen molar-refractivity contribution in [2.45, 2.75) is 26.5 Å². The number of carbonyl (C=O) groups is 3. The lowest BCUT2D eigenvalue weighted by molar-refractivity contribution is -0.132. The molecule has 1 aliphatic heterocycles. The number of carbonyl (C=O) groups excluding carboxylic acids is 3. The average Bonchev–Trinajstić information content (AvgIpc) is 3.58. The van der Waals surface area contributed by atoms with Gasteiger partial charge < -0.3 is 24.1 Å². The molecule has 4 aromatic rings. The first-order chi connectivity index (χ1) is 22.2. The molecular formula is C35H32N2O8S. The minimum Gasteiger partial charge on any atom is -0.507 e. The standard InChI is InChI=1S/C35H32N2O8S/c1-6-16-44-34(41)32-21(3)36-35(46-32)37-29(23-12-15-26(42-4)27(18-23)43-5)28(31(39)33(37)40)30(38)25-14-13-24(17-20(25)2)45-19-22-10-8-7-9-11-22/h6-15,17-18,29,38H,1,16,19H2,2-5H3/t29-/m0/s1. The Balaban J connectivity index is 1.60. The van der Waals surface area contributed by atoms with Crippen LogP contribution in [0.4, 0.5) is 5.13 Å². The summed E-state index contributed by atoms with van der Waals surface area (Å²) in [4.78, 5) is 46.0. The number of hydrogen-bond acceptors (Lipinski definition) is 10. The second-order valence-electron chi connectivity index (χ2n) is 10.3. The van der Waals surface area contributed by atoms with E-state index in [0.717, 1.165) is 16.9 Å². The van der Waals surface area contributed by atoms with Crippen LogP contribution in [0.3, 0.4) is 0 Å². The molecule has 0 spiro atoms. The topological polar surface area (TPSA) is 124 Å². The first kappa shape index (κ1) is 32.0. The van der Waals surface area contributed by atoms with E-state index in [1.54, 1.807) is 50.2 Å². The lowest BCUT2D eigenvalue weighted by Crippen LogP contribution is -2.29. The molecule has 1 saturated heterocycles. The number of nitrogens with zero attached hydrogens (tertiary/aromatic N) is 2. The maximum Gasteiger partial charge on any atom is 0.350 e. The molecule has 1 atom stereocenters. The molecule has 1 amide bonds. The van der Waals surface area contributed by atoms with Gasteiger partial charge in [0.1, 0.15) is 29.6 Å². The van der Waals surface area contributed by atoms with Crippen molar-refractivity contribution in [2.75, 3.05) is 25.7 Å². The fraction of sp³-hybridized carbons (Fsp3) is 0.200. The monoisotopic (exact) mass is 640 g/mol. The van der Waals surface area contributed by atoms with Crippen molar-refractivity contribution in [3.8, 4) is 17.2 Å². The fourth-order valence-corrected chi connectivity index (χ4v) is 6.11. The molecule has 0 bridgehead atoms. The lowest BCUT2D eigenvalue weighted by atomic mass is 9.93. The number of aromatic nitrogens is 1. The molecule has 1 fully saturated rings. The van der Waals surface area contributed by atoms with E-state index in [-0.39, 0.29) is 27.9 Å². The molecule has 2 heterocycles. The molecule has 1 aliphatic rings. The third kappa shape index (κ3) is 6.22. The molecule has 5 rings (SSSR count). The summed E-state index contributed by atoms with van der Waals surface area (Å²) in [6.45, 7) is 7.29. The predicted octanol–water partition coefficient (Wildman–Crippen LogP) is 6.33. The number of aliphatic hydroxyl groups is 1. The highest BCUT2D eigenvalue weighted by atomic mass is 32.1. The van der Waals surface area contributed by atoms with Gasteiger partial charge in [0, 0.05) is 5.56 Å². The van der Waals surface area contributed by atoms with E-state index in [1.807, 2.05) is 30.3 Å². The second kappa shape index (κ2) is 13.7. The van der Waals surface area contributed by atoms with E-state index in [0.29, 0.717) is 46.2 Å². The van der Waals surface area contributed by atoms with Gasteiger partial charge in [-0.25, -0.2) is 9.78 Å². The van der Waals surface area contributed by atoms with Crippen molar-refractivity contribution < 1.29 is 38.4 Å². The molecule has 0 unspecified atom stereocenters. The molecule has 0 radical (unpaired) electrons. The highest BCUT2D eigenvalue weighted by Crippen LogP contribution is 2.46. The van der Waals surface area contributed by atoms with Crippen molar-refractivity contribution in [1.29, 1.82) is 0 Å². The van der Waals surface area contributed by atoms with Crippen molar-refractivity contribution in [3.63, 3.8) is 0 Å². The van der Waals surface area contributed by atoms with Crippen LogP contribution < -0.4 is 19.1 Å². The van der Waals surface area contributed by atoms with Gasteiger partial charge in [0.25, 0.3) is 5.78 Å². The van der Waals surface area contributed by atoms with Crippen LogP contribution in [0.25, 0.3) is 5.76 Å². The Labute approximate surface area is 270 Å². The van der Waals surface area contributed by atoms with Crippen LogP contribution in [0.1, 0.15) is 43.7 Å². The first-order valence-corrected chi connectivity index (χ1v) is 15.1. The Bertz CT molecular complexity index is 1850. The Kier molecular flexibility index (Phi) is 9.53. The quantitative estimate of drug-likeness (QED) is 0.0659. The molecule has 0 saturated carbocycles. The Morgan fingerprint density at radius 2 is 1.76 bits per heavy atom. The van der Waals surface area contributed by atoms with Crippen LogP contribution in [0, 0.1) is 13.8 Å². The van der Waals surface area contributed by atoms with E-state index in [2.05, 4.69) is 11.6 Å². The zero-order chi connectivity index (χ0) is 33.0. The van der Waals surface area contributed by atoms with Crippen LogP contribution in [-0.4, -0.2) is 48.6 Å². The van der Waals surface area contributed by atoms with Gasteiger partial charge in [-0.15, -0.1) is 0 Å². The molecule has 10 nitrogen and oxygen atoms in total. The van der Waals surface area contributed by atoms with E-state index in [4.69, 9.17) is 18.9 Å². The molecule has 46 heavy (non-hydrogen) atoms. The number of rotatable bonds is 11. The number of methoxy groups -OCH3 is 2. The van der Waals surface area contributed by atoms with Gasteiger partial charge in [-0.3, -0.25) is 14.5 Å². The number of ketones is 1. The van der Waals surface area contributed by atoms with E-state index in [9.17, 15) is 19.5 Å². The number of esters is 1. The zero-order valence-electron chi connectivity index (χ0n) is 25.7. The average molecular weight is 641 g/mol. The van der Waals surface area contributed by atoms with Gasteiger partial charge in [-0.05, 0) is 60.9 Å². The SMILES string of the molecule is C=CCOC(=O)c1sc(N2C(=O)C(=O)C(=C(O)c3ccc(OCc4ccccc4)cc3C)[C@@H]2c2ccc(OC)c(OC)c2)nc1C. The number of amides is 1. The molecule has 0 aliphatic carbocycles. The molecule has 1 aromatic heterocycles. The number of thiazole rings is 1. The molecule has 3 aromatic carbocycles. The van der Waals surface area contributed by atoms with Gasteiger partial charge in [0.2, 0.25) is 0 Å². The van der Waals surface area contributed by atoms with Gasteiger partial charge in [0.05, 0.1) is 31.5 Å². The van der Waals surface area contributed by atoms with E-state index >= 15 is 0 Å². The van der Waals surface area contributed by atoms with Crippen molar-refractivity contribution in [1.82, 2.24) is 4.98 Å². The third-order valence-corrected chi connectivity index (χ3v) is 8.51. The minimum absolute atomic E-state index is 0.00288. The van der Waals surface area contributed by atoms with Crippen LogP contribution in [-0.2, 0) is 20.9 Å². The van der Waals surface area contributed by atoms with Crippen LogP contribution in [0.2, 0.25) is 0 Å². The summed E-state index contributed by atoms with van der Waals surface area (Å²) in [5, 5.41) is 11.8. The van der Waals surface area contributed by atoms with Crippen LogP contribution in [0.15, 0.2) is 85.0 Å². The highest BCUT2D eigenvalue weighted by molar-refractivity contribution is 7.17. The Hall–Kier alpha value is -5.42. The fourth-order valence-electron chi connectivity index (χ4n) is 5.12.